The van der Waals surface area contributed by atoms with Gasteiger partial charge >= 0.3 is 0 Å². The number of imidazole rings is 1. The fourth-order valence-corrected chi connectivity index (χ4v) is 3.72. The molecule has 1 unspecified atom stereocenters. The summed E-state index contributed by atoms with van der Waals surface area (Å²) in [6.45, 7) is 3.65. The quantitative estimate of drug-likeness (QED) is 0.524. The molecule has 0 saturated carbocycles. The number of hydrogen-bond acceptors (Lipinski definition) is 3. The largest absolute Gasteiger partial charge is 0.365 e. The van der Waals surface area contributed by atoms with E-state index in [2.05, 4.69) is 20.6 Å². The molecule has 0 radical (unpaired) electrons. The molecule has 3 heterocycles. The molecule has 1 aliphatic rings. The Hall–Kier alpha value is -3.16. The van der Waals surface area contributed by atoms with E-state index in [1.54, 1.807) is 11.9 Å². The lowest BCUT2D eigenvalue weighted by Crippen LogP contribution is -2.44. The maximum Gasteiger partial charge on any atom is 0.191 e. The summed E-state index contributed by atoms with van der Waals surface area (Å²) in [4.78, 5) is 10.6. The highest BCUT2D eigenvalue weighted by Crippen LogP contribution is 2.26. The first-order valence-corrected chi connectivity index (χ1v) is 9.65. The van der Waals surface area contributed by atoms with Crippen molar-refractivity contribution in [1.82, 2.24) is 20.0 Å². The SMILES string of the molecule is CN=C(NCc1cn2c(C)cccc2n1)NC1CCN(c2c(F)cccc2F)C1. The van der Waals surface area contributed by atoms with Crippen molar-refractivity contribution < 1.29 is 8.78 Å². The van der Waals surface area contributed by atoms with Crippen LogP contribution in [-0.4, -0.2) is 41.5 Å². The zero-order valence-corrected chi connectivity index (χ0v) is 16.5. The van der Waals surface area contributed by atoms with E-state index in [0.29, 0.717) is 25.6 Å². The molecule has 1 saturated heterocycles. The van der Waals surface area contributed by atoms with Gasteiger partial charge in [0.25, 0.3) is 0 Å². The lowest BCUT2D eigenvalue weighted by atomic mass is 10.2. The summed E-state index contributed by atoms with van der Waals surface area (Å²) in [6, 6.07) is 10.00. The van der Waals surface area contributed by atoms with E-state index in [1.807, 2.05) is 35.7 Å². The van der Waals surface area contributed by atoms with Crippen molar-refractivity contribution in [3.63, 3.8) is 0 Å². The molecule has 0 spiro atoms. The fourth-order valence-electron chi connectivity index (χ4n) is 3.72. The molecule has 1 aliphatic heterocycles. The number of aliphatic imine (C=N–C) groups is 1. The van der Waals surface area contributed by atoms with Crippen LogP contribution in [0.1, 0.15) is 17.8 Å². The molecule has 1 fully saturated rings. The van der Waals surface area contributed by atoms with Crippen molar-refractivity contribution >= 4 is 17.3 Å². The van der Waals surface area contributed by atoms with Gasteiger partial charge < -0.3 is 19.9 Å². The Morgan fingerprint density at radius 3 is 2.69 bits per heavy atom. The Bertz CT molecular complexity index is 1020. The minimum atomic E-state index is -0.532. The Kier molecular flexibility index (Phi) is 5.33. The van der Waals surface area contributed by atoms with Crippen LogP contribution in [0, 0.1) is 18.6 Å². The third kappa shape index (κ3) is 4.01. The van der Waals surface area contributed by atoms with Crippen LogP contribution in [0.3, 0.4) is 0 Å². The molecule has 29 heavy (non-hydrogen) atoms. The number of guanidine groups is 1. The standard InChI is InChI=1S/C21H24F2N6/c1-14-5-3-8-19-26-16(13-29(14)19)11-25-21(24-2)27-15-9-10-28(12-15)20-17(22)6-4-7-18(20)23/h3-8,13,15H,9-12H2,1-2H3,(H2,24,25,27). The van der Waals surface area contributed by atoms with Gasteiger partial charge in [0.15, 0.2) is 5.96 Å². The van der Waals surface area contributed by atoms with Gasteiger partial charge in [0, 0.05) is 38.1 Å². The Balaban J connectivity index is 1.36. The number of hydrogen-bond donors (Lipinski definition) is 2. The van der Waals surface area contributed by atoms with Crippen molar-refractivity contribution in [1.29, 1.82) is 0 Å². The van der Waals surface area contributed by atoms with Crippen LogP contribution < -0.4 is 15.5 Å². The van der Waals surface area contributed by atoms with Gasteiger partial charge in [-0.2, -0.15) is 0 Å². The fraction of sp³-hybridized carbons (Fsp3) is 0.333. The van der Waals surface area contributed by atoms with Crippen LogP contribution in [0.5, 0.6) is 0 Å². The highest BCUT2D eigenvalue weighted by molar-refractivity contribution is 5.80. The zero-order valence-electron chi connectivity index (χ0n) is 16.5. The molecule has 4 rings (SSSR count). The summed E-state index contributed by atoms with van der Waals surface area (Å²) in [5.74, 6) is -0.426. The van der Waals surface area contributed by atoms with E-state index in [9.17, 15) is 8.78 Å². The Labute approximate surface area is 168 Å². The van der Waals surface area contributed by atoms with Crippen LogP contribution in [0.4, 0.5) is 14.5 Å². The number of benzene rings is 1. The summed E-state index contributed by atoms with van der Waals surface area (Å²) in [6.07, 6.45) is 2.77. The first-order chi connectivity index (χ1) is 14.0. The summed E-state index contributed by atoms with van der Waals surface area (Å²) in [5, 5.41) is 6.60. The third-order valence-corrected chi connectivity index (χ3v) is 5.19. The number of nitrogens with zero attached hydrogens (tertiary/aromatic N) is 4. The molecule has 0 amide bonds. The Morgan fingerprint density at radius 2 is 1.97 bits per heavy atom. The van der Waals surface area contributed by atoms with Crippen LogP contribution in [0.15, 0.2) is 47.6 Å². The van der Waals surface area contributed by atoms with Crippen LogP contribution in [-0.2, 0) is 6.54 Å². The number of aromatic nitrogens is 2. The maximum absolute atomic E-state index is 14.0. The second kappa shape index (κ2) is 8.06. The predicted molar refractivity (Wildman–Crippen MR) is 110 cm³/mol. The van der Waals surface area contributed by atoms with Gasteiger partial charge in [-0.05, 0) is 37.6 Å². The molecule has 6 nitrogen and oxygen atoms in total. The first kappa shape index (κ1) is 19.2. The van der Waals surface area contributed by atoms with Crippen molar-refractivity contribution in [3.05, 3.63) is 65.6 Å². The van der Waals surface area contributed by atoms with Gasteiger partial charge in [0.1, 0.15) is 23.0 Å². The first-order valence-electron chi connectivity index (χ1n) is 9.65. The van der Waals surface area contributed by atoms with E-state index in [0.717, 1.165) is 23.5 Å². The number of halogens is 2. The molecule has 0 aliphatic carbocycles. The lowest BCUT2D eigenvalue weighted by molar-refractivity contribution is 0.576. The van der Waals surface area contributed by atoms with Crippen molar-refractivity contribution in [3.8, 4) is 0 Å². The number of pyridine rings is 1. The minimum Gasteiger partial charge on any atom is -0.365 e. The summed E-state index contributed by atoms with van der Waals surface area (Å²) in [5.41, 5.74) is 2.97. The third-order valence-electron chi connectivity index (χ3n) is 5.19. The van der Waals surface area contributed by atoms with E-state index < -0.39 is 11.6 Å². The van der Waals surface area contributed by atoms with Gasteiger partial charge in [0.2, 0.25) is 0 Å². The molecule has 2 N–H and O–H groups in total. The van der Waals surface area contributed by atoms with E-state index in [4.69, 9.17) is 0 Å². The van der Waals surface area contributed by atoms with Gasteiger partial charge in [-0.1, -0.05) is 12.1 Å². The average Bonchev–Trinajstić information content (AvgIpc) is 3.32. The topological polar surface area (TPSA) is 57.0 Å². The van der Waals surface area contributed by atoms with Crippen LogP contribution in [0.2, 0.25) is 0 Å². The normalized spacial score (nSPS) is 17.2. The van der Waals surface area contributed by atoms with Crippen molar-refractivity contribution in [2.24, 2.45) is 4.99 Å². The zero-order chi connectivity index (χ0) is 20.4. The second-order valence-corrected chi connectivity index (χ2v) is 7.20. The Morgan fingerprint density at radius 1 is 1.21 bits per heavy atom. The molecule has 2 aromatic heterocycles. The van der Waals surface area contributed by atoms with Gasteiger partial charge in [-0.15, -0.1) is 0 Å². The van der Waals surface area contributed by atoms with Crippen molar-refractivity contribution in [2.75, 3.05) is 25.0 Å². The summed E-state index contributed by atoms with van der Waals surface area (Å²) in [7, 11) is 1.70. The van der Waals surface area contributed by atoms with Crippen LogP contribution >= 0.6 is 0 Å². The van der Waals surface area contributed by atoms with E-state index in [-0.39, 0.29) is 11.7 Å². The van der Waals surface area contributed by atoms with Gasteiger partial charge in [-0.3, -0.25) is 4.99 Å². The summed E-state index contributed by atoms with van der Waals surface area (Å²) < 4.78 is 30.1. The minimum absolute atomic E-state index is 0.0415. The highest BCUT2D eigenvalue weighted by Gasteiger charge is 2.27. The van der Waals surface area contributed by atoms with E-state index in [1.165, 1.54) is 18.2 Å². The van der Waals surface area contributed by atoms with E-state index >= 15 is 0 Å². The molecular formula is C21H24F2N6. The van der Waals surface area contributed by atoms with Gasteiger partial charge in [-0.25, -0.2) is 13.8 Å². The molecular weight excluding hydrogens is 374 g/mol. The number of fused-ring (bicyclic) bond motifs is 1. The molecule has 3 aromatic rings. The second-order valence-electron chi connectivity index (χ2n) is 7.20. The number of aryl methyl sites for hydroxylation is 1. The maximum atomic E-state index is 14.0. The highest BCUT2D eigenvalue weighted by atomic mass is 19.1. The molecule has 8 heteroatoms. The summed E-state index contributed by atoms with van der Waals surface area (Å²) >= 11 is 0. The molecule has 0 bridgehead atoms. The monoisotopic (exact) mass is 398 g/mol. The smallest absolute Gasteiger partial charge is 0.191 e. The lowest BCUT2D eigenvalue weighted by Gasteiger charge is -2.21. The van der Waals surface area contributed by atoms with Crippen LogP contribution in [0.25, 0.3) is 5.65 Å². The average molecular weight is 398 g/mol. The van der Waals surface area contributed by atoms with Gasteiger partial charge in [0.05, 0.1) is 12.2 Å². The predicted octanol–water partition coefficient (Wildman–Crippen LogP) is 2.86. The number of rotatable bonds is 4. The molecule has 1 atom stereocenters. The molecule has 1 aromatic carbocycles. The molecule has 152 valence electrons. The number of para-hydroxylation sites is 1. The van der Waals surface area contributed by atoms with Crippen molar-refractivity contribution in [2.45, 2.75) is 25.9 Å². The number of nitrogens with one attached hydrogen (secondary N) is 2. The number of anilines is 1.